The first-order valence-electron chi connectivity index (χ1n) is 17.7. The Hall–Kier alpha value is -6.20. The average Bonchev–Trinajstić information content (AvgIpc) is 3.95. The smallest absolute Gasteiger partial charge is 0.0641 e. The summed E-state index contributed by atoms with van der Waals surface area (Å²) >= 11 is 3.75. The lowest BCUT2D eigenvalue weighted by Gasteiger charge is -2.10. The van der Waals surface area contributed by atoms with Crippen LogP contribution in [-0.2, 0) is 0 Å². The van der Waals surface area contributed by atoms with Gasteiger partial charge in [-0.3, -0.25) is 0 Å². The van der Waals surface area contributed by atoms with Crippen LogP contribution >= 0.6 is 22.7 Å². The normalized spacial score (nSPS) is 12.2. The van der Waals surface area contributed by atoms with Crippen molar-refractivity contribution < 1.29 is 0 Å². The van der Waals surface area contributed by atoms with E-state index >= 15 is 0 Å². The van der Waals surface area contributed by atoms with Crippen molar-refractivity contribution in [2.24, 2.45) is 0 Å². The van der Waals surface area contributed by atoms with Gasteiger partial charge < -0.3 is 9.13 Å². The van der Waals surface area contributed by atoms with Crippen LogP contribution in [0.5, 0.6) is 0 Å². The van der Waals surface area contributed by atoms with Gasteiger partial charge in [0.15, 0.2) is 0 Å². The zero-order valence-electron chi connectivity index (χ0n) is 27.9. The molecule has 0 aliphatic heterocycles. The molecule has 0 bridgehead atoms. The Morgan fingerprint density at radius 1 is 0.308 bits per heavy atom. The van der Waals surface area contributed by atoms with Gasteiger partial charge in [-0.25, -0.2) is 0 Å². The van der Waals surface area contributed by atoms with Gasteiger partial charge in [-0.15, -0.1) is 22.7 Å². The van der Waals surface area contributed by atoms with Crippen LogP contribution in [0, 0.1) is 0 Å². The molecular weight excluding hydrogens is 669 g/mol. The first-order valence-corrected chi connectivity index (χ1v) is 19.3. The third-order valence-corrected chi connectivity index (χ3v) is 13.2. The van der Waals surface area contributed by atoms with E-state index < -0.39 is 0 Å². The number of fused-ring (bicyclic) bond motifs is 13. The highest BCUT2D eigenvalue weighted by atomic mass is 32.1. The van der Waals surface area contributed by atoms with Crippen LogP contribution in [0.1, 0.15) is 0 Å². The maximum absolute atomic E-state index is 2.47. The molecule has 0 aliphatic carbocycles. The molecule has 0 fully saturated rings. The van der Waals surface area contributed by atoms with Crippen molar-refractivity contribution >= 4 is 107 Å². The summed E-state index contributed by atoms with van der Waals surface area (Å²) in [7, 11) is 0. The number of para-hydroxylation sites is 3. The monoisotopic (exact) mass is 696 g/mol. The van der Waals surface area contributed by atoms with Crippen molar-refractivity contribution in [1.82, 2.24) is 9.13 Å². The molecule has 0 atom stereocenters. The van der Waals surface area contributed by atoms with Crippen molar-refractivity contribution in [3.8, 4) is 22.5 Å². The molecule has 12 aromatic rings. The minimum absolute atomic E-state index is 1.17. The second kappa shape index (κ2) is 10.7. The fraction of sp³-hybridized carbons (Fsp3) is 0. The molecule has 4 aromatic heterocycles. The van der Waals surface area contributed by atoms with E-state index in [1.54, 1.807) is 0 Å². The largest absolute Gasteiger partial charge is 0.309 e. The highest BCUT2D eigenvalue weighted by Crippen LogP contribution is 2.44. The first-order chi connectivity index (χ1) is 25.8. The summed E-state index contributed by atoms with van der Waals surface area (Å²) in [5.41, 5.74) is 9.76. The van der Waals surface area contributed by atoms with Crippen LogP contribution in [0.15, 0.2) is 170 Å². The zero-order valence-corrected chi connectivity index (χ0v) is 29.5. The molecule has 4 heterocycles. The van der Waals surface area contributed by atoms with Crippen LogP contribution in [0.3, 0.4) is 0 Å². The molecule has 0 saturated heterocycles. The van der Waals surface area contributed by atoms with E-state index in [0.29, 0.717) is 0 Å². The molecule has 52 heavy (non-hydrogen) atoms. The van der Waals surface area contributed by atoms with Crippen LogP contribution < -0.4 is 0 Å². The second-order valence-corrected chi connectivity index (χ2v) is 15.9. The van der Waals surface area contributed by atoms with Gasteiger partial charge in [0.2, 0.25) is 0 Å². The molecule has 0 saturated carbocycles. The Labute approximate surface area is 306 Å². The lowest BCUT2D eigenvalue weighted by molar-refractivity contribution is 1.18. The van der Waals surface area contributed by atoms with Gasteiger partial charge in [-0.05, 0) is 90.0 Å². The third kappa shape index (κ3) is 3.93. The topological polar surface area (TPSA) is 9.86 Å². The summed E-state index contributed by atoms with van der Waals surface area (Å²) in [6, 6.07) is 62.9. The van der Waals surface area contributed by atoms with Crippen molar-refractivity contribution in [3.05, 3.63) is 170 Å². The average molecular weight is 697 g/mol. The Balaban J connectivity index is 1.10. The summed E-state index contributed by atoms with van der Waals surface area (Å²) in [4.78, 5) is 0. The van der Waals surface area contributed by atoms with Gasteiger partial charge in [0.05, 0.1) is 22.1 Å². The van der Waals surface area contributed by atoms with Crippen LogP contribution in [0.2, 0.25) is 0 Å². The summed E-state index contributed by atoms with van der Waals surface area (Å²) in [6.45, 7) is 0. The molecule has 0 spiro atoms. The van der Waals surface area contributed by atoms with Crippen LogP contribution in [-0.4, -0.2) is 9.13 Å². The van der Waals surface area contributed by atoms with Gasteiger partial charge in [-0.2, -0.15) is 0 Å². The highest BCUT2D eigenvalue weighted by molar-refractivity contribution is 7.26. The van der Waals surface area contributed by atoms with E-state index in [1.807, 2.05) is 22.7 Å². The zero-order chi connectivity index (χ0) is 33.9. The summed E-state index contributed by atoms with van der Waals surface area (Å²) in [6.07, 6.45) is 0. The van der Waals surface area contributed by atoms with Crippen molar-refractivity contribution in [2.75, 3.05) is 0 Å². The fourth-order valence-corrected chi connectivity index (χ4v) is 10.8. The van der Waals surface area contributed by atoms with Crippen molar-refractivity contribution in [3.63, 3.8) is 0 Å². The van der Waals surface area contributed by atoms with Gasteiger partial charge in [-0.1, -0.05) is 91.0 Å². The molecule has 8 aromatic carbocycles. The third-order valence-electron chi connectivity index (χ3n) is 10.9. The molecule has 0 radical (unpaired) electrons. The molecule has 0 unspecified atom stereocenters. The van der Waals surface area contributed by atoms with Gasteiger partial charge in [0, 0.05) is 73.3 Å². The van der Waals surface area contributed by atoms with Crippen molar-refractivity contribution in [1.29, 1.82) is 0 Å². The lowest BCUT2D eigenvalue weighted by Crippen LogP contribution is -1.95. The quantitative estimate of drug-likeness (QED) is 0.174. The number of rotatable bonds is 3. The van der Waals surface area contributed by atoms with E-state index in [-0.39, 0.29) is 0 Å². The van der Waals surface area contributed by atoms with E-state index in [4.69, 9.17) is 0 Å². The SMILES string of the molecule is c1ccc(-n2c3ccccc3c3ccc4c(c5ccccc5n4-c4ccc5sc6ccc(-c7ccc8sc9ccccc9c8c7)cc6c5c4)c32)cc1. The first kappa shape index (κ1) is 28.5. The van der Waals surface area contributed by atoms with Gasteiger partial charge in [0.25, 0.3) is 0 Å². The van der Waals surface area contributed by atoms with E-state index in [1.165, 1.54) is 106 Å². The number of hydrogen-bond donors (Lipinski definition) is 0. The molecule has 0 aliphatic rings. The molecular formula is C48H28N2S2. The number of hydrogen-bond acceptors (Lipinski definition) is 2. The Bertz CT molecular complexity index is 3410. The van der Waals surface area contributed by atoms with E-state index in [9.17, 15) is 0 Å². The Morgan fingerprint density at radius 3 is 1.62 bits per heavy atom. The number of benzene rings is 8. The van der Waals surface area contributed by atoms with Crippen molar-refractivity contribution in [2.45, 2.75) is 0 Å². The standard InChI is InChI=1S/C48H28N2S2/c1-2-10-31(11-3-1)50-40-15-7-4-12-33(40)35-21-22-42-47(48(35)50)36-14-5-8-16-41(36)49(42)32-20-25-46-39(28-32)38-27-30(19-24-45(38)52-46)29-18-23-44-37(26-29)34-13-6-9-17-43(34)51-44/h1-28H. The molecule has 12 rings (SSSR count). The number of thiophene rings is 2. The maximum atomic E-state index is 2.47. The summed E-state index contributed by atoms with van der Waals surface area (Å²) in [5.74, 6) is 0. The fourth-order valence-electron chi connectivity index (χ4n) is 8.62. The van der Waals surface area contributed by atoms with Gasteiger partial charge in [0.1, 0.15) is 0 Å². The van der Waals surface area contributed by atoms with E-state index in [2.05, 4.69) is 179 Å². The lowest BCUT2D eigenvalue weighted by atomic mass is 10.0. The number of aromatic nitrogens is 2. The maximum Gasteiger partial charge on any atom is 0.0641 e. The predicted octanol–water partition coefficient (Wildman–Crippen LogP) is 14.3. The summed E-state index contributed by atoms with van der Waals surface area (Å²) < 4.78 is 10.2. The Kier molecular flexibility index (Phi) is 5.84. The predicted molar refractivity (Wildman–Crippen MR) is 226 cm³/mol. The molecule has 4 heteroatoms. The molecule has 242 valence electrons. The van der Waals surface area contributed by atoms with E-state index in [0.717, 1.165) is 0 Å². The van der Waals surface area contributed by atoms with Crippen LogP contribution in [0.25, 0.3) is 106 Å². The summed E-state index contributed by atoms with van der Waals surface area (Å²) in [5, 5.41) is 10.4. The molecule has 2 nitrogen and oxygen atoms in total. The molecule has 0 N–H and O–H groups in total. The van der Waals surface area contributed by atoms with Gasteiger partial charge >= 0.3 is 0 Å². The second-order valence-electron chi connectivity index (χ2n) is 13.7. The minimum atomic E-state index is 1.17. The van der Waals surface area contributed by atoms with Crippen LogP contribution in [0.4, 0.5) is 0 Å². The number of nitrogens with zero attached hydrogens (tertiary/aromatic N) is 2. The highest BCUT2D eigenvalue weighted by Gasteiger charge is 2.21. The minimum Gasteiger partial charge on any atom is -0.309 e. The molecule has 0 amide bonds. The Morgan fingerprint density at radius 2 is 0.865 bits per heavy atom.